The fourth-order valence-corrected chi connectivity index (χ4v) is 5.40. The minimum atomic E-state index is -0.949. The number of piperidine rings is 3. The number of fused-ring (bicyclic) bond motifs is 3. The standard InChI is InChI=1S/C23H30NO2/c25-16-15-24-13-11-19(12-14-24)20(18-24)17-23(26,21-7-3-1-4-8-21)22-9-5-2-6-10-22/h1-10,19-20,25-26H,11-18H2/q+1. The summed E-state index contributed by atoms with van der Waals surface area (Å²) in [4.78, 5) is 0. The number of quaternary nitrogens is 1. The van der Waals surface area contributed by atoms with E-state index in [0.29, 0.717) is 11.8 Å². The minimum absolute atomic E-state index is 0.263. The Labute approximate surface area is 156 Å². The quantitative estimate of drug-likeness (QED) is 0.784. The van der Waals surface area contributed by atoms with Crippen molar-refractivity contribution in [2.75, 3.05) is 32.8 Å². The second-order valence-corrected chi connectivity index (χ2v) is 8.31. The van der Waals surface area contributed by atoms with Crippen molar-refractivity contribution in [1.82, 2.24) is 0 Å². The van der Waals surface area contributed by atoms with E-state index in [9.17, 15) is 10.2 Å². The van der Waals surface area contributed by atoms with Crippen LogP contribution in [0, 0.1) is 11.8 Å². The molecule has 3 aliphatic rings. The van der Waals surface area contributed by atoms with E-state index in [0.717, 1.165) is 35.1 Å². The molecule has 1 unspecified atom stereocenters. The van der Waals surface area contributed by atoms with E-state index < -0.39 is 5.60 Å². The minimum Gasteiger partial charge on any atom is -0.391 e. The number of aliphatic hydroxyl groups is 2. The molecule has 2 aromatic rings. The molecule has 3 saturated heterocycles. The van der Waals surface area contributed by atoms with E-state index in [1.54, 1.807) is 0 Å². The fraction of sp³-hybridized carbons (Fsp3) is 0.478. The summed E-state index contributed by atoms with van der Waals surface area (Å²) >= 11 is 0. The fourth-order valence-electron chi connectivity index (χ4n) is 5.40. The van der Waals surface area contributed by atoms with Crippen molar-refractivity contribution in [3.05, 3.63) is 71.8 Å². The monoisotopic (exact) mass is 352 g/mol. The molecule has 0 saturated carbocycles. The summed E-state index contributed by atoms with van der Waals surface area (Å²) in [5.41, 5.74) is 1.02. The van der Waals surface area contributed by atoms with Crippen LogP contribution in [0.2, 0.25) is 0 Å². The van der Waals surface area contributed by atoms with E-state index in [2.05, 4.69) is 0 Å². The van der Waals surface area contributed by atoms with Crippen molar-refractivity contribution < 1.29 is 14.7 Å². The Morgan fingerprint density at radius 2 is 1.42 bits per heavy atom. The van der Waals surface area contributed by atoms with Crippen LogP contribution in [0.15, 0.2) is 60.7 Å². The SMILES string of the molecule is OCC[N+]12CCC(CC1)C(CC(O)(c1ccccc1)c1ccccc1)C2. The van der Waals surface area contributed by atoms with E-state index >= 15 is 0 Å². The van der Waals surface area contributed by atoms with Gasteiger partial charge in [-0.15, -0.1) is 0 Å². The maximum atomic E-state index is 11.9. The van der Waals surface area contributed by atoms with Crippen LogP contribution in [0.5, 0.6) is 0 Å². The lowest BCUT2D eigenvalue weighted by molar-refractivity contribution is -0.947. The van der Waals surface area contributed by atoms with Crippen molar-refractivity contribution in [2.45, 2.75) is 24.9 Å². The largest absolute Gasteiger partial charge is 0.391 e. The smallest absolute Gasteiger partial charge is 0.115 e. The maximum absolute atomic E-state index is 11.9. The Kier molecular flexibility index (Phi) is 4.87. The molecule has 26 heavy (non-hydrogen) atoms. The third kappa shape index (κ3) is 3.20. The summed E-state index contributed by atoms with van der Waals surface area (Å²) in [7, 11) is 0. The van der Waals surface area contributed by atoms with Crippen molar-refractivity contribution in [2.24, 2.45) is 11.8 Å². The van der Waals surface area contributed by atoms with Crippen molar-refractivity contribution in [3.63, 3.8) is 0 Å². The zero-order valence-electron chi connectivity index (χ0n) is 15.4. The van der Waals surface area contributed by atoms with Gasteiger partial charge in [-0.05, 0) is 23.5 Å². The zero-order chi connectivity index (χ0) is 18.0. The highest BCUT2D eigenvalue weighted by Gasteiger charge is 2.48. The summed E-state index contributed by atoms with van der Waals surface area (Å²) in [5.74, 6) is 1.20. The van der Waals surface area contributed by atoms with Crippen LogP contribution in [0.1, 0.15) is 30.4 Å². The summed E-state index contributed by atoms with van der Waals surface area (Å²) < 4.78 is 1.04. The number of hydrogen-bond donors (Lipinski definition) is 2. The van der Waals surface area contributed by atoms with E-state index in [-0.39, 0.29) is 6.61 Å². The van der Waals surface area contributed by atoms with Gasteiger partial charge in [0, 0.05) is 18.8 Å². The molecule has 0 radical (unpaired) electrons. The van der Waals surface area contributed by atoms with Crippen LogP contribution in [0.4, 0.5) is 0 Å². The Balaban J connectivity index is 1.66. The van der Waals surface area contributed by atoms with Crippen molar-refractivity contribution >= 4 is 0 Å². The summed E-state index contributed by atoms with van der Waals surface area (Å²) in [6.45, 7) is 4.60. The molecule has 138 valence electrons. The Morgan fingerprint density at radius 3 is 1.92 bits per heavy atom. The molecule has 0 spiro atoms. The van der Waals surface area contributed by atoms with Gasteiger partial charge in [-0.25, -0.2) is 0 Å². The van der Waals surface area contributed by atoms with Gasteiger partial charge in [0.1, 0.15) is 12.1 Å². The maximum Gasteiger partial charge on any atom is 0.115 e. The van der Waals surface area contributed by atoms with Gasteiger partial charge in [-0.2, -0.15) is 0 Å². The highest BCUT2D eigenvalue weighted by molar-refractivity contribution is 5.36. The number of rotatable bonds is 6. The van der Waals surface area contributed by atoms with Gasteiger partial charge in [0.15, 0.2) is 0 Å². The van der Waals surface area contributed by atoms with Crippen molar-refractivity contribution in [3.8, 4) is 0 Å². The average Bonchev–Trinajstić information content (AvgIpc) is 2.70. The molecule has 3 aliphatic heterocycles. The topological polar surface area (TPSA) is 40.5 Å². The molecule has 2 aromatic carbocycles. The molecular weight excluding hydrogens is 322 g/mol. The van der Waals surface area contributed by atoms with Gasteiger partial charge in [-0.1, -0.05) is 60.7 Å². The summed E-state index contributed by atoms with van der Waals surface area (Å²) in [6, 6.07) is 20.3. The molecule has 3 fully saturated rings. The van der Waals surface area contributed by atoms with Crippen LogP contribution in [-0.2, 0) is 5.60 Å². The summed E-state index contributed by atoms with van der Waals surface area (Å²) in [5, 5.41) is 21.4. The highest BCUT2D eigenvalue weighted by atomic mass is 16.3. The van der Waals surface area contributed by atoms with Crippen LogP contribution < -0.4 is 0 Å². The Bertz CT molecular complexity index is 662. The lowest BCUT2D eigenvalue weighted by Crippen LogP contribution is -2.63. The molecule has 5 rings (SSSR count). The Morgan fingerprint density at radius 1 is 0.885 bits per heavy atom. The lowest BCUT2D eigenvalue weighted by Gasteiger charge is -2.53. The highest BCUT2D eigenvalue weighted by Crippen LogP contribution is 2.45. The van der Waals surface area contributed by atoms with Gasteiger partial charge >= 0.3 is 0 Å². The van der Waals surface area contributed by atoms with E-state index in [1.807, 2.05) is 60.7 Å². The zero-order valence-corrected chi connectivity index (χ0v) is 15.4. The normalized spacial score (nSPS) is 28.2. The van der Waals surface area contributed by atoms with Crippen LogP contribution >= 0.6 is 0 Å². The third-order valence-corrected chi connectivity index (χ3v) is 6.87. The molecule has 0 aliphatic carbocycles. The van der Waals surface area contributed by atoms with E-state index in [4.69, 9.17) is 0 Å². The molecule has 3 nitrogen and oxygen atoms in total. The molecule has 3 heteroatoms. The molecular formula is C23H30NO2+. The average molecular weight is 352 g/mol. The first kappa shape index (κ1) is 17.7. The predicted molar refractivity (Wildman–Crippen MR) is 104 cm³/mol. The molecule has 3 heterocycles. The van der Waals surface area contributed by atoms with Gasteiger partial charge in [-0.3, -0.25) is 0 Å². The Hall–Kier alpha value is -1.68. The first-order valence-corrected chi connectivity index (χ1v) is 9.95. The van der Waals surface area contributed by atoms with E-state index in [1.165, 1.54) is 25.9 Å². The number of benzene rings is 2. The molecule has 0 amide bonds. The van der Waals surface area contributed by atoms with Crippen LogP contribution in [0.3, 0.4) is 0 Å². The first-order chi connectivity index (χ1) is 12.7. The van der Waals surface area contributed by atoms with Gasteiger partial charge in [0.25, 0.3) is 0 Å². The van der Waals surface area contributed by atoms with Crippen LogP contribution in [-0.4, -0.2) is 47.5 Å². The molecule has 0 aromatic heterocycles. The van der Waals surface area contributed by atoms with Gasteiger partial charge in [0.05, 0.1) is 26.2 Å². The summed E-state index contributed by atoms with van der Waals surface area (Å²) in [6.07, 6.45) is 3.21. The predicted octanol–water partition coefficient (Wildman–Crippen LogP) is 3.16. The third-order valence-electron chi connectivity index (χ3n) is 6.87. The molecule has 1 atom stereocenters. The molecule has 2 bridgehead atoms. The first-order valence-electron chi connectivity index (χ1n) is 9.95. The molecule has 2 N–H and O–H groups in total. The van der Waals surface area contributed by atoms with Crippen LogP contribution in [0.25, 0.3) is 0 Å². The second kappa shape index (κ2) is 7.15. The number of nitrogens with zero attached hydrogens (tertiary/aromatic N) is 1. The number of aliphatic hydroxyl groups excluding tert-OH is 1. The van der Waals surface area contributed by atoms with Gasteiger partial charge in [0.2, 0.25) is 0 Å². The lowest BCUT2D eigenvalue weighted by atomic mass is 9.69. The van der Waals surface area contributed by atoms with Crippen molar-refractivity contribution in [1.29, 1.82) is 0 Å². The second-order valence-electron chi connectivity index (χ2n) is 8.31. The number of hydrogen-bond acceptors (Lipinski definition) is 2. The van der Waals surface area contributed by atoms with Gasteiger partial charge < -0.3 is 14.7 Å².